The summed E-state index contributed by atoms with van der Waals surface area (Å²) < 4.78 is 2.36. The number of aryl methyl sites for hydroxylation is 1. The van der Waals surface area contributed by atoms with E-state index in [9.17, 15) is 0 Å². The lowest BCUT2D eigenvalue weighted by molar-refractivity contribution is 0.546. The van der Waals surface area contributed by atoms with Crippen molar-refractivity contribution in [1.82, 2.24) is 9.55 Å². The molecule has 0 aliphatic heterocycles. The highest BCUT2D eigenvalue weighted by atomic mass is 15.1. The third-order valence-corrected chi connectivity index (χ3v) is 5.08. The zero-order valence-electron chi connectivity index (χ0n) is 15.8. The molecule has 0 radical (unpaired) electrons. The predicted octanol–water partition coefficient (Wildman–Crippen LogP) is 6.03. The Labute approximate surface area is 157 Å². The van der Waals surface area contributed by atoms with Crippen molar-refractivity contribution in [1.29, 1.82) is 0 Å². The molecule has 0 aliphatic rings. The fraction of sp³-hybridized carbons (Fsp3) is 0.375. The van der Waals surface area contributed by atoms with Gasteiger partial charge in [-0.15, -0.1) is 0 Å². The Balaban J connectivity index is 1.73. The van der Waals surface area contributed by atoms with Crippen LogP contribution >= 0.6 is 0 Å². The molecule has 2 heteroatoms. The first kappa shape index (κ1) is 18.4. The van der Waals surface area contributed by atoms with Crippen molar-refractivity contribution in [2.24, 2.45) is 0 Å². The van der Waals surface area contributed by atoms with Crippen LogP contribution in [0.4, 0.5) is 0 Å². The third kappa shape index (κ3) is 5.32. The second kappa shape index (κ2) is 9.96. The molecule has 1 aromatic heterocycles. The monoisotopic (exact) mass is 346 g/mol. The summed E-state index contributed by atoms with van der Waals surface area (Å²) in [7, 11) is 0. The minimum atomic E-state index is 0.454. The highest BCUT2D eigenvalue weighted by Crippen LogP contribution is 2.25. The van der Waals surface area contributed by atoms with Gasteiger partial charge in [0.05, 0.1) is 0 Å². The summed E-state index contributed by atoms with van der Waals surface area (Å²) in [5.74, 6) is 1.67. The smallest absolute Gasteiger partial charge is 0.109 e. The molecule has 0 spiro atoms. The van der Waals surface area contributed by atoms with Gasteiger partial charge in [0.1, 0.15) is 5.82 Å². The lowest BCUT2D eigenvalue weighted by Gasteiger charge is -2.18. The highest BCUT2D eigenvalue weighted by Gasteiger charge is 2.16. The molecule has 3 rings (SSSR count). The van der Waals surface area contributed by atoms with Gasteiger partial charge < -0.3 is 4.57 Å². The van der Waals surface area contributed by atoms with Crippen molar-refractivity contribution in [2.75, 3.05) is 0 Å². The predicted molar refractivity (Wildman–Crippen MR) is 109 cm³/mol. The van der Waals surface area contributed by atoms with Crippen molar-refractivity contribution in [3.8, 4) is 0 Å². The standard InChI is InChI=1S/C24H30N2/c1-2-3-4-11-17-26-18-16-25-24(26)20-23(22-14-9-6-10-15-22)19-21-12-7-5-8-13-21/h5-10,12-16,18,23H,2-4,11,17,19-20H2,1H3. The van der Waals surface area contributed by atoms with Crippen LogP contribution in [0, 0.1) is 0 Å². The van der Waals surface area contributed by atoms with E-state index in [2.05, 4.69) is 83.3 Å². The maximum Gasteiger partial charge on any atom is 0.109 e. The largest absolute Gasteiger partial charge is 0.335 e. The average molecular weight is 347 g/mol. The van der Waals surface area contributed by atoms with Crippen LogP contribution in [0.25, 0.3) is 0 Å². The van der Waals surface area contributed by atoms with Crippen molar-refractivity contribution < 1.29 is 0 Å². The lowest BCUT2D eigenvalue weighted by atomic mass is 9.89. The third-order valence-electron chi connectivity index (χ3n) is 5.08. The van der Waals surface area contributed by atoms with Gasteiger partial charge in [-0.1, -0.05) is 86.8 Å². The fourth-order valence-corrected chi connectivity index (χ4v) is 3.59. The molecule has 0 fully saturated rings. The minimum Gasteiger partial charge on any atom is -0.335 e. The molecule has 0 aliphatic carbocycles. The van der Waals surface area contributed by atoms with E-state index in [4.69, 9.17) is 0 Å². The maximum atomic E-state index is 4.68. The summed E-state index contributed by atoms with van der Waals surface area (Å²) in [5, 5.41) is 0. The summed E-state index contributed by atoms with van der Waals surface area (Å²) >= 11 is 0. The molecule has 0 bridgehead atoms. The van der Waals surface area contributed by atoms with Gasteiger partial charge in [0.15, 0.2) is 0 Å². The van der Waals surface area contributed by atoms with E-state index in [0.29, 0.717) is 5.92 Å². The Kier molecular flexibility index (Phi) is 7.06. The Bertz CT molecular complexity index is 746. The van der Waals surface area contributed by atoms with Crippen molar-refractivity contribution >= 4 is 0 Å². The second-order valence-electron chi connectivity index (χ2n) is 7.10. The summed E-state index contributed by atoms with van der Waals surface area (Å²) in [6.07, 6.45) is 11.3. The Morgan fingerprint density at radius 1 is 0.846 bits per heavy atom. The van der Waals surface area contributed by atoms with Gasteiger partial charge in [-0.2, -0.15) is 0 Å². The van der Waals surface area contributed by atoms with Crippen LogP contribution in [-0.4, -0.2) is 9.55 Å². The molecule has 3 aromatic rings. The van der Waals surface area contributed by atoms with E-state index < -0.39 is 0 Å². The molecular formula is C24H30N2. The molecule has 2 aromatic carbocycles. The SMILES string of the molecule is CCCCCCn1ccnc1CC(Cc1ccccc1)c1ccccc1. The van der Waals surface area contributed by atoms with Crippen LogP contribution in [0.2, 0.25) is 0 Å². The summed E-state index contributed by atoms with van der Waals surface area (Å²) in [6.45, 7) is 3.35. The van der Waals surface area contributed by atoms with Crippen LogP contribution in [0.5, 0.6) is 0 Å². The molecule has 0 amide bonds. The van der Waals surface area contributed by atoms with E-state index in [1.807, 2.05) is 6.20 Å². The number of hydrogen-bond acceptors (Lipinski definition) is 1. The van der Waals surface area contributed by atoms with Gasteiger partial charge in [-0.25, -0.2) is 4.98 Å². The van der Waals surface area contributed by atoms with Gasteiger partial charge in [-0.05, 0) is 29.9 Å². The van der Waals surface area contributed by atoms with Crippen LogP contribution in [0.3, 0.4) is 0 Å². The van der Waals surface area contributed by atoms with Crippen molar-refractivity contribution in [2.45, 2.75) is 57.9 Å². The van der Waals surface area contributed by atoms with Gasteiger partial charge in [0.25, 0.3) is 0 Å². The van der Waals surface area contributed by atoms with E-state index >= 15 is 0 Å². The highest BCUT2D eigenvalue weighted by molar-refractivity contribution is 5.25. The first-order valence-electron chi connectivity index (χ1n) is 9.95. The molecule has 2 nitrogen and oxygen atoms in total. The molecule has 136 valence electrons. The number of unbranched alkanes of at least 4 members (excludes halogenated alkanes) is 3. The lowest BCUT2D eigenvalue weighted by Crippen LogP contribution is -2.12. The normalized spacial score (nSPS) is 12.2. The summed E-state index contributed by atoms with van der Waals surface area (Å²) in [5.41, 5.74) is 2.79. The number of nitrogens with zero attached hydrogens (tertiary/aromatic N) is 2. The van der Waals surface area contributed by atoms with Crippen LogP contribution in [0.15, 0.2) is 73.1 Å². The van der Waals surface area contributed by atoms with E-state index in [1.54, 1.807) is 0 Å². The topological polar surface area (TPSA) is 17.8 Å². The first-order valence-corrected chi connectivity index (χ1v) is 9.95. The van der Waals surface area contributed by atoms with E-state index in [0.717, 1.165) is 19.4 Å². The maximum absolute atomic E-state index is 4.68. The summed E-state index contributed by atoms with van der Waals surface area (Å²) in [4.78, 5) is 4.68. The molecular weight excluding hydrogens is 316 g/mol. The number of hydrogen-bond donors (Lipinski definition) is 0. The zero-order valence-corrected chi connectivity index (χ0v) is 15.8. The van der Waals surface area contributed by atoms with Crippen LogP contribution in [0.1, 0.15) is 55.5 Å². The van der Waals surface area contributed by atoms with Crippen LogP contribution < -0.4 is 0 Å². The Morgan fingerprint density at radius 3 is 2.31 bits per heavy atom. The number of rotatable bonds is 10. The van der Waals surface area contributed by atoms with E-state index in [-0.39, 0.29) is 0 Å². The van der Waals surface area contributed by atoms with Gasteiger partial charge in [0, 0.05) is 25.4 Å². The number of imidazole rings is 1. The van der Waals surface area contributed by atoms with Gasteiger partial charge in [0.2, 0.25) is 0 Å². The Morgan fingerprint density at radius 2 is 1.58 bits per heavy atom. The van der Waals surface area contributed by atoms with Gasteiger partial charge >= 0.3 is 0 Å². The van der Waals surface area contributed by atoms with Gasteiger partial charge in [-0.3, -0.25) is 0 Å². The number of benzene rings is 2. The molecule has 26 heavy (non-hydrogen) atoms. The molecule has 0 N–H and O–H groups in total. The first-order chi connectivity index (χ1) is 12.9. The average Bonchev–Trinajstić information content (AvgIpc) is 3.13. The molecule has 1 heterocycles. The summed E-state index contributed by atoms with van der Waals surface area (Å²) in [6, 6.07) is 21.7. The zero-order chi connectivity index (χ0) is 18.0. The fourth-order valence-electron chi connectivity index (χ4n) is 3.59. The number of aromatic nitrogens is 2. The molecule has 1 unspecified atom stereocenters. The van der Waals surface area contributed by atoms with E-state index in [1.165, 1.54) is 42.6 Å². The molecule has 0 saturated heterocycles. The molecule has 0 saturated carbocycles. The minimum absolute atomic E-state index is 0.454. The molecule has 1 atom stereocenters. The van der Waals surface area contributed by atoms with Crippen molar-refractivity contribution in [3.63, 3.8) is 0 Å². The van der Waals surface area contributed by atoms with Crippen molar-refractivity contribution in [3.05, 3.63) is 90.0 Å². The quantitative estimate of drug-likeness (QED) is 0.410. The van der Waals surface area contributed by atoms with Crippen LogP contribution in [-0.2, 0) is 19.4 Å². The Hall–Kier alpha value is -2.35. The second-order valence-corrected chi connectivity index (χ2v) is 7.10.